The lowest BCUT2D eigenvalue weighted by Gasteiger charge is -2.11. The third-order valence-electron chi connectivity index (χ3n) is 4.40. The van der Waals surface area contributed by atoms with Crippen molar-refractivity contribution in [3.05, 3.63) is 64.7 Å². The van der Waals surface area contributed by atoms with E-state index in [0.717, 1.165) is 18.4 Å². The maximum atomic E-state index is 12.4. The van der Waals surface area contributed by atoms with Gasteiger partial charge in [0.1, 0.15) is 0 Å². The predicted octanol–water partition coefficient (Wildman–Crippen LogP) is 2.04. The fourth-order valence-corrected chi connectivity index (χ4v) is 3.19. The van der Waals surface area contributed by atoms with Crippen molar-refractivity contribution < 1.29 is 9.59 Å². The Labute approximate surface area is 147 Å². The molecule has 0 saturated carbocycles. The van der Waals surface area contributed by atoms with Crippen LogP contribution in [0.25, 0.3) is 0 Å². The van der Waals surface area contributed by atoms with Crippen molar-refractivity contribution >= 4 is 17.5 Å². The Hall–Kier alpha value is -2.66. The highest BCUT2D eigenvalue weighted by Crippen LogP contribution is 2.23. The van der Waals surface area contributed by atoms with E-state index in [1.165, 1.54) is 17.5 Å². The van der Waals surface area contributed by atoms with Crippen LogP contribution in [0.3, 0.4) is 0 Å². The topological polar surface area (TPSA) is 84.2 Å². The second-order valence-corrected chi connectivity index (χ2v) is 6.27. The fourth-order valence-electron chi connectivity index (χ4n) is 3.19. The van der Waals surface area contributed by atoms with E-state index in [9.17, 15) is 9.59 Å². The third kappa shape index (κ3) is 4.25. The largest absolute Gasteiger partial charge is 0.351 e. The molecule has 2 amide bonds. The summed E-state index contributed by atoms with van der Waals surface area (Å²) in [5.74, 6) is -0.365. The second-order valence-electron chi connectivity index (χ2n) is 6.27. The molecule has 0 radical (unpaired) electrons. The van der Waals surface area contributed by atoms with Crippen LogP contribution in [-0.4, -0.2) is 24.9 Å². The number of benzene rings is 2. The van der Waals surface area contributed by atoms with E-state index < -0.39 is 0 Å². The van der Waals surface area contributed by atoms with Crippen LogP contribution in [0.2, 0.25) is 0 Å². The van der Waals surface area contributed by atoms with Crippen LogP contribution in [0.5, 0.6) is 0 Å². The number of nitrogens with one attached hydrogen (secondary N) is 2. The number of aryl methyl sites for hydroxylation is 2. The molecule has 0 atom stereocenters. The minimum absolute atomic E-state index is 0.128. The van der Waals surface area contributed by atoms with Gasteiger partial charge in [0.2, 0.25) is 5.91 Å². The van der Waals surface area contributed by atoms with E-state index in [-0.39, 0.29) is 11.8 Å². The van der Waals surface area contributed by atoms with E-state index in [0.29, 0.717) is 30.8 Å². The lowest BCUT2D eigenvalue weighted by molar-refractivity contribution is -0.115. The highest BCUT2D eigenvalue weighted by atomic mass is 16.2. The third-order valence-corrected chi connectivity index (χ3v) is 4.40. The molecule has 0 heterocycles. The van der Waals surface area contributed by atoms with Crippen LogP contribution < -0.4 is 16.4 Å². The quantitative estimate of drug-likeness (QED) is 0.754. The van der Waals surface area contributed by atoms with E-state index in [1.54, 1.807) is 24.3 Å². The summed E-state index contributed by atoms with van der Waals surface area (Å²) in [6.45, 7) is 0.773. The van der Waals surface area contributed by atoms with Gasteiger partial charge in [0.15, 0.2) is 0 Å². The number of para-hydroxylation sites is 1. The molecule has 2 aromatic carbocycles. The maximum Gasteiger partial charge on any atom is 0.253 e. The van der Waals surface area contributed by atoms with Crippen molar-refractivity contribution in [3.8, 4) is 0 Å². The smallest absolute Gasteiger partial charge is 0.253 e. The Morgan fingerprint density at radius 2 is 1.84 bits per heavy atom. The van der Waals surface area contributed by atoms with E-state index in [4.69, 9.17) is 5.73 Å². The van der Waals surface area contributed by atoms with Gasteiger partial charge in [-0.2, -0.15) is 0 Å². The number of carbonyl (C=O) groups excluding carboxylic acids is 2. The molecule has 1 aliphatic carbocycles. The van der Waals surface area contributed by atoms with Gasteiger partial charge in [-0.25, -0.2) is 0 Å². The lowest BCUT2D eigenvalue weighted by atomic mass is 10.0. The summed E-state index contributed by atoms with van der Waals surface area (Å²) in [5, 5.41) is 5.58. The first kappa shape index (κ1) is 17.2. The second kappa shape index (κ2) is 7.94. The van der Waals surface area contributed by atoms with Crippen molar-refractivity contribution in [2.45, 2.75) is 25.7 Å². The number of fused-ring (bicyclic) bond motifs is 1. The number of rotatable bonds is 6. The Kier molecular flexibility index (Phi) is 5.46. The summed E-state index contributed by atoms with van der Waals surface area (Å²) in [7, 11) is 0. The Bertz CT molecular complexity index is 786. The molecule has 130 valence electrons. The van der Waals surface area contributed by atoms with Gasteiger partial charge < -0.3 is 16.4 Å². The number of anilines is 1. The molecule has 0 unspecified atom stereocenters. The first-order valence-corrected chi connectivity index (χ1v) is 8.65. The molecule has 0 saturated heterocycles. The summed E-state index contributed by atoms with van der Waals surface area (Å²) >= 11 is 0. The standard InChI is InChI=1S/C20H23N3O2/c21-10-11-22-20(25)17-6-1-2-7-18(17)23-19(24)13-14-8-9-15-4-3-5-16(15)12-14/h1-2,6-9,12H,3-5,10-11,13,21H2,(H,22,25)(H,23,24). The zero-order chi connectivity index (χ0) is 17.6. The number of amides is 2. The van der Waals surface area contributed by atoms with Gasteiger partial charge in [-0.05, 0) is 48.1 Å². The SMILES string of the molecule is NCCNC(=O)c1ccccc1NC(=O)Cc1ccc2c(c1)CCC2. The van der Waals surface area contributed by atoms with E-state index >= 15 is 0 Å². The van der Waals surface area contributed by atoms with Crippen LogP contribution >= 0.6 is 0 Å². The average Bonchev–Trinajstić information content (AvgIpc) is 3.07. The molecule has 3 rings (SSSR count). The summed E-state index contributed by atoms with van der Waals surface area (Å²) in [6.07, 6.45) is 3.71. The summed E-state index contributed by atoms with van der Waals surface area (Å²) in [6, 6.07) is 13.3. The van der Waals surface area contributed by atoms with Gasteiger partial charge in [-0.1, -0.05) is 30.3 Å². The van der Waals surface area contributed by atoms with Crippen LogP contribution in [0.15, 0.2) is 42.5 Å². The van der Waals surface area contributed by atoms with Crippen molar-refractivity contribution in [1.82, 2.24) is 5.32 Å². The number of nitrogens with two attached hydrogens (primary N) is 1. The van der Waals surface area contributed by atoms with Gasteiger partial charge in [0.25, 0.3) is 5.91 Å². The molecule has 25 heavy (non-hydrogen) atoms. The summed E-state index contributed by atoms with van der Waals surface area (Å²) in [4.78, 5) is 24.6. The molecule has 4 N–H and O–H groups in total. The summed E-state index contributed by atoms with van der Waals surface area (Å²) in [5.41, 5.74) is 10.1. The first-order valence-electron chi connectivity index (χ1n) is 8.65. The van der Waals surface area contributed by atoms with Gasteiger partial charge in [-0.3, -0.25) is 9.59 Å². The molecule has 1 aliphatic rings. The maximum absolute atomic E-state index is 12.4. The zero-order valence-electron chi connectivity index (χ0n) is 14.2. The number of hydrogen-bond acceptors (Lipinski definition) is 3. The van der Waals surface area contributed by atoms with Crippen molar-refractivity contribution in [2.24, 2.45) is 5.73 Å². The fraction of sp³-hybridized carbons (Fsp3) is 0.300. The Balaban J connectivity index is 1.68. The minimum Gasteiger partial charge on any atom is -0.351 e. The monoisotopic (exact) mass is 337 g/mol. The van der Waals surface area contributed by atoms with Crippen LogP contribution in [0, 0.1) is 0 Å². The van der Waals surface area contributed by atoms with Crippen LogP contribution in [-0.2, 0) is 24.1 Å². The molecule has 0 aromatic heterocycles. The van der Waals surface area contributed by atoms with Gasteiger partial charge in [-0.15, -0.1) is 0 Å². The highest BCUT2D eigenvalue weighted by Gasteiger charge is 2.15. The lowest BCUT2D eigenvalue weighted by Crippen LogP contribution is -2.30. The molecule has 0 bridgehead atoms. The number of hydrogen-bond donors (Lipinski definition) is 3. The van der Waals surface area contributed by atoms with Crippen molar-refractivity contribution in [3.63, 3.8) is 0 Å². The van der Waals surface area contributed by atoms with E-state index in [1.807, 2.05) is 6.07 Å². The Morgan fingerprint density at radius 1 is 1.04 bits per heavy atom. The molecule has 0 fully saturated rings. The van der Waals surface area contributed by atoms with Gasteiger partial charge >= 0.3 is 0 Å². The molecule has 5 heteroatoms. The van der Waals surface area contributed by atoms with Crippen LogP contribution in [0.4, 0.5) is 5.69 Å². The highest BCUT2D eigenvalue weighted by molar-refractivity contribution is 6.04. The molecule has 0 spiro atoms. The van der Waals surface area contributed by atoms with Gasteiger partial charge in [0.05, 0.1) is 17.7 Å². The van der Waals surface area contributed by atoms with E-state index in [2.05, 4.69) is 22.8 Å². The molecular weight excluding hydrogens is 314 g/mol. The minimum atomic E-state index is -0.237. The normalized spacial score (nSPS) is 12.5. The predicted molar refractivity (Wildman–Crippen MR) is 98.6 cm³/mol. The average molecular weight is 337 g/mol. The number of carbonyl (C=O) groups is 2. The van der Waals surface area contributed by atoms with Gasteiger partial charge in [0, 0.05) is 13.1 Å². The Morgan fingerprint density at radius 3 is 2.68 bits per heavy atom. The van der Waals surface area contributed by atoms with Crippen molar-refractivity contribution in [2.75, 3.05) is 18.4 Å². The first-order chi connectivity index (χ1) is 12.2. The zero-order valence-corrected chi connectivity index (χ0v) is 14.2. The molecule has 2 aromatic rings. The van der Waals surface area contributed by atoms with Crippen molar-refractivity contribution in [1.29, 1.82) is 0 Å². The van der Waals surface area contributed by atoms with Crippen LogP contribution in [0.1, 0.15) is 33.5 Å². The summed E-state index contributed by atoms with van der Waals surface area (Å²) < 4.78 is 0. The molecule has 5 nitrogen and oxygen atoms in total. The molecular formula is C20H23N3O2. The molecule has 0 aliphatic heterocycles.